The number of hydrogen-bond acceptors (Lipinski definition) is 3. The van der Waals surface area contributed by atoms with E-state index in [1.54, 1.807) is 11.8 Å². The van der Waals surface area contributed by atoms with Gasteiger partial charge in [-0.15, -0.1) is 0 Å². The molecule has 2 aliphatic rings. The van der Waals surface area contributed by atoms with Gasteiger partial charge in [-0.1, -0.05) is 6.42 Å². The number of carbonyl (C=O) groups excluding carboxylic acids is 1. The third-order valence-electron chi connectivity index (χ3n) is 4.72. The van der Waals surface area contributed by atoms with Crippen molar-refractivity contribution < 1.29 is 4.79 Å². The highest BCUT2D eigenvalue weighted by Crippen LogP contribution is 2.48. The molecule has 18 heavy (non-hydrogen) atoms. The molecule has 0 spiro atoms. The number of nitrogens with two attached hydrogens (primary N) is 1. The fourth-order valence-corrected chi connectivity index (χ4v) is 4.18. The summed E-state index contributed by atoms with van der Waals surface area (Å²) in [6, 6.07) is -0.305. The number of amides is 1. The van der Waals surface area contributed by atoms with Gasteiger partial charge in [0.15, 0.2) is 0 Å². The summed E-state index contributed by atoms with van der Waals surface area (Å²) in [7, 11) is 1.92. The minimum absolute atomic E-state index is 0.131. The third kappa shape index (κ3) is 3.21. The molecule has 0 aromatic heterocycles. The van der Waals surface area contributed by atoms with Gasteiger partial charge in [0.1, 0.15) is 0 Å². The van der Waals surface area contributed by atoms with Crippen LogP contribution in [0.1, 0.15) is 32.1 Å². The van der Waals surface area contributed by atoms with Crippen LogP contribution in [0.5, 0.6) is 0 Å². The summed E-state index contributed by atoms with van der Waals surface area (Å²) in [5.74, 6) is 3.67. The summed E-state index contributed by atoms with van der Waals surface area (Å²) in [5, 5.41) is 0. The lowest BCUT2D eigenvalue weighted by molar-refractivity contribution is -0.132. The normalized spacial score (nSPS) is 31.6. The van der Waals surface area contributed by atoms with Crippen molar-refractivity contribution >= 4 is 17.7 Å². The Bertz CT molecular complexity index is 298. The Morgan fingerprint density at radius 2 is 2.22 bits per heavy atom. The molecule has 0 radical (unpaired) electrons. The van der Waals surface area contributed by atoms with Crippen LogP contribution in [0, 0.1) is 17.8 Å². The zero-order valence-corrected chi connectivity index (χ0v) is 12.4. The number of nitrogens with zero attached hydrogens (tertiary/aromatic N) is 1. The van der Waals surface area contributed by atoms with Crippen molar-refractivity contribution in [2.45, 2.75) is 38.1 Å². The average Bonchev–Trinajstić information content (AvgIpc) is 2.97. The van der Waals surface area contributed by atoms with Crippen LogP contribution in [0.25, 0.3) is 0 Å². The van der Waals surface area contributed by atoms with Crippen molar-refractivity contribution in [2.24, 2.45) is 23.5 Å². The smallest absolute Gasteiger partial charge is 0.239 e. The summed E-state index contributed by atoms with van der Waals surface area (Å²) in [6.07, 6.45) is 8.40. The van der Waals surface area contributed by atoms with Crippen molar-refractivity contribution in [1.29, 1.82) is 0 Å². The second kappa shape index (κ2) is 6.29. The van der Waals surface area contributed by atoms with Gasteiger partial charge >= 0.3 is 0 Å². The van der Waals surface area contributed by atoms with E-state index >= 15 is 0 Å². The molecule has 0 heterocycles. The molecule has 2 saturated carbocycles. The minimum Gasteiger partial charge on any atom is -0.344 e. The fraction of sp³-hybridized carbons (Fsp3) is 0.929. The molecule has 4 heteroatoms. The molecule has 2 rings (SSSR count). The maximum atomic E-state index is 12.1. The molecule has 3 unspecified atom stereocenters. The highest BCUT2D eigenvalue weighted by Gasteiger charge is 2.40. The predicted molar refractivity (Wildman–Crippen MR) is 77.5 cm³/mol. The summed E-state index contributed by atoms with van der Waals surface area (Å²) in [5.41, 5.74) is 5.95. The van der Waals surface area contributed by atoms with Gasteiger partial charge in [0.25, 0.3) is 0 Å². The lowest BCUT2D eigenvalue weighted by Crippen LogP contribution is -2.44. The zero-order valence-electron chi connectivity index (χ0n) is 11.6. The number of likely N-dealkylation sites (N-methyl/N-ethyl adjacent to an activating group) is 1. The van der Waals surface area contributed by atoms with Crippen LogP contribution >= 0.6 is 11.8 Å². The number of hydrogen-bond donors (Lipinski definition) is 1. The van der Waals surface area contributed by atoms with Crippen molar-refractivity contribution in [2.75, 3.05) is 25.6 Å². The van der Waals surface area contributed by atoms with E-state index in [4.69, 9.17) is 5.73 Å². The van der Waals surface area contributed by atoms with Crippen molar-refractivity contribution in [3.05, 3.63) is 0 Å². The predicted octanol–water partition coefficient (Wildman–Crippen LogP) is 1.96. The number of fused-ring (bicyclic) bond motifs is 2. The van der Waals surface area contributed by atoms with Gasteiger partial charge in [0, 0.05) is 13.6 Å². The Morgan fingerprint density at radius 1 is 1.44 bits per heavy atom. The number of thioether (sulfide) groups is 1. The standard InChI is InChI=1S/C14H26N2OS/c1-16(14(17)13(15)5-6-18-2)9-12-8-10-3-4-11(12)7-10/h10-13H,3-9,15H2,1-2H3/t10?,11?,12?,13-/m1/s1. The Balaban J connectivity index is 1.77. The van der Waals surface area contributed by atoms with Gasteiger partial charge in [-0.05, 0) is 55.4 Å². The molecule has 2 bridgehead atoms. The van der Waals surface area contributed by atoms with Crippen LogP contribution in [0.3, 0.4) is 0 Å². The molecule has 104 valence electrons. The summed E-state index contributed by atoms with van der Waals surface area (Å²) in [4.78, 5) is 14.0. The van der Waals surface area contributed by atoms with E-state index in [2.05, 4.69) is 6.26 Å². The minimum atomic E-state index is -0.305. The SMILES string of the molecule is CSCC[C@@H](N)C(=O)N(C)CC1CC2CCC1C2. The van der Waals surface area contributed by atoms with Crippen molar-refractivity contribution in [3.63, 3.8) is 0 Å². The van der Waals surface area contributed by atoms with Crippen LogP contribution in [-0.4, -0.2) is 42.4 Å². The van der Waals surface area contributed by atoms with E-state index in [-0.39, 0.29) is 11.9 Å². The average molecular weight is 270 g/mol. The third-order valence-corrected chi connectivity index (χ3v) is 5.36. The van der Waals surface area contributed by atoms with Crippen LogP contribution in [0.2, 0.25) is 0 Å². The molecule has 2 N–H and O–H groups in total. The van der Waals surface area contributed by atoms with Gasteiger partial charge in [0.05, 0.1) is 6.04 Å². The molecule has 0 saturated heterocycles. The molecule has 0 aromatic rings. The Labute approximate surface area is 115 Å². The summed E-state index contributed by atoms with van der Waals surface area (Å²) < 4.78 is 0. The van der Waals surface area contributed by atoms with E-state index < -0.39 is 0 Å². The van der Waals surface area contributed by atoms with Crippen molar-refractivity contribution in [1.82, 2.24) is 4.90 Å². The van der Waals surface area contributed by atoms with E-state index in [0.29, 0.717) is 0 Å². The van der Waals surface area contributed by atoms with E-state index in [1.807, 2.05) is 11.9 Å². The molecule has 1 amide bonds. The van der Waals surface area contributed by atoms with Gasteiger partial charge in [0.2, 0.25) is 5.91 Å². The molecule has 2 fully saturated rings. The van der Waals surface area contributed by atoms with Crippen LogP contribution in [0.4, 0.5) is 0 Å². The molecular weight excluding hydrogens is 244 g/mol. The van der Waals surface area contributed by atoms with Gasteiger partial charge in [-0.3, -0.25) is 4.79 Å². The maximum absolute atomic E-state index is 12.1. The zero-order chi connectivity index (χ0) is 13.1. The van der Waals surface area contributed by atoms with Gasteiger partial charge in [-0.25, -0.2) is 0 Å². The Morgan fingerprint density at radius 3 is 2.78 bits per heavy atom. The largest absolute Gasteiger partial charge is 0.344 e. The molecule has 0 aromatic carbocycles. The second-order valence-electron chi connectivity index (χ2n) is 6.04. The quantitative estimate of drug-likeness (QED) is 0.802. The van der Waals surface area contributed by atoms with Crippen LogP contribution in [-0.2, 0) is 4.79 Å². The molecule has 2 aliphatic carbocycles. The topological polar surface area (TPSA) is 46.3 Å². The number of carbonyl (C=O) groups is 1. The first-order valence-electron chi connectivity index (χ1n) is 7.11. The monoisotopic (exact) mass is 270 g/mol. The van der Waals surface area contributed by atoms with Crippen LogP contribution in [0.15, 0.2) is 0 Å². The summed E-state index contributed by atoms with van der Waals surface area (Å²) in [6.45, 7) is 0.924. The van der Waals surface area contributed by atoms with Gasteiger partial charge < -0.3 is 10.6 Å². The highest BCUT2D eigenvalue weighted by atomic mass is 32.2. The Hall–Kier alpha value is -0.220. The molecule has 3 nitrogen and oxygen atoms in total. The lowest BCUT2D eigenvalue weighted by Gasteiger charge is -2.28. The first-order valence-corrected chi connectivity index (χ1v) is 8.50. The lowest BCUT2D eigenvalue weighted by atomic mass is 9.88. The molecular formula is C14H26N2OS. The highest BCUT2D eigenvalue weighted by molar-refractivity contribution is 7.98. The first-order chi connectivity index (χ1) is 8.61. The Kier molecular flexibility index (Phi) is 4.96. The first kappa shape index (κ1) is 14.2. The second-order valence-corrected chi connectivity index (χ2v) is 7.03. The molecule has 0 aliphatic heterocycles. The summed E-state index contributed by atoms with van der Waals surface area (Å²) >= 11 is 1.75. The van der Waals surface area contributed by atoms with E-state index in [9.17, 15) is 4.79 Å². The van der Waals surface area contributed by atoms with E-state index in [1.165, 1.54) is 25.7 Å². The van der Waals surface area contributed by atoms with Crippen molar-refractivity contribution in [3.8, 4) is 0 Å². The maximum Gasteiger partial charge on any atom is 0.239 e. The van der Waals surface area contributed by atoms with E-state index in [0.717, 1.165) is 36.5 Å². The van der Waals surface area contributed by atoms with Crippen LogP contribution < -0.4 is 5.73 Å². The molecule has 4 atom stereocenters. The fourth-order valence-electron chi connectivity index (χ4n) is 3.69. The number of rotatable bonds is 6. The van der Waals surface area contributed by atoms with Gasteiger partial charge in [-0.2, -0.15) is 11.8 Å².